The van der Waals surface area contributed by atoms with Gasteiger partial charge >= 0.3 is 0 Å². The van der Waals surface area contributed by atoms with E-state index in [9.17, 15) is 14.0 Å². The van der Waals surface area contributed by atoms with E-state index in [0.29, 0.717) is 25.2 Å². The summed E-state index contributed by atoms with van der Waals surface area (Å²) in [5.74, 6) is -1.14. The van der Waals surface area contributed by atoms with Gasteiger partial charge in [-0.15, -0.1) is 0 Å². The Morgan fingerprint density at radius 2 is 2.05 bits per heavy atom. The van der Waals surface area contributed by atoms with Crippen molar-refractivity contribution >= 4 is 10.9 Å². The molecule has 1 aliphatic heterocycles. The molecule has 0 radical (unpaired) electrons. The molecular weight excluding hydrogens is 288 g/mol. The third-order valence-corrected chi connectivity index (χ3v) is 4.05. The molecule has 22 heavy (non-hydrogen) atoms. The Labute approximate surface area is 125 Å². The SMILES string of the molecule is ON1Cc2ncc3c(ccn3Cc3ccc(F)cc3F)c2C1. The molecule has 6 heteroatoms. The minimum absolute atomic E-state index is 0.304. The highest BCUT2D eigenvalue weighted by Crippen LogP contribution is 2.28. The van der Waals surface area contributed by atoms with Gasteiger partial charge in [-0.3, -0.25) is 4.98 Å². The molecule has 4 nitrogen and oxygen atoms in total. The van der Waals surface area contributed by atoms with Crippen LogP contribution in [-0.2, 0) is 19.6 Å². The number of halogens is 2. The van der Waals surface area contributed by atoms with Crippen molar-refractivity contribution in [2.24, 2.45) is 0 Å². The Morgan fingerprint density at radius 3 is 2.86 bits per heavy atom. The first-order valence-corrected chi connectivity index (χ1v) is 6.95. The maximum Gasteiger partial charge on any atom is 0.131 e. The zero-order valence-electron chi connectivity index (χ0n) is 11.6. The number of benzene rings is 1. The molecule has 0 saturated carbocycles. The van der Waals surface area contributed by atoms with Crippen molar-refractivity contribution in [2.45, 2.75) is 19.6 Å². The lowest BCUT2D eigenvalue weighted by Crippen LogP contribution is -2.08. The Hall–Kier alpha value is -2.31. The molecule has 0 unspecified atom stereocenters. The molecule has 3 aromatic rings. The molecule has 3 heterocycles. The van der Waals surface area contributed by atoms with E-state index in [4.69, 9.17) is 0 Å². The van der Waals surface area contributed by atoms with Crippen LogP contribution in [0.1, 0.15) is 16.8 Å². The zero-order valence-corrected chi connectivity index (χ0v) is 11.6. The van der Waals surface area contributed by atoms with E-state index in [1.165, 1.54) is 17.2 Å². The number of hydroxylamine groups is 2. The predicted octanol–water partition coefficient (Wildman–Crippen LogP) is 3.07. The molecule has 4 rings (SSSR count). The highest BCUT2D eigenvalue weighted by atomic mass is 19.1. The van der Waals surface area contributed by atoms with Crippen LogP contribution in [0.3, 0.4) is 0 Å². The van der Waals surface area contributed by atoms with Crippen LogP contribution >= 0.6 is 0 Å². The lowest BCUT2D eigenvalue weighted by atomic mass is 10.1. The third kappa shape index (κ3) is 2.08. The van der Waals surface area contributed by atoms with E-state index >= 15 is 0 Å². The van der Waals surface area contributed by atoms with Crippen LogP contribution < -0.4 is 0 Å². The Morgan fingerprint density at radius 1 is 1.18 bits per heavy atom. The first-order valence-electron chi connectivity index (χ1n) is 6.95. The van der Waals surface area contributed by atoms with Crippen molar-refractivity contribution in [1.29, 1.82) is 0 Å². The van der Waals surface area contributed by atoms with Crippen molar-refractivity contribution in [2.75, 3.05) is 0 Å². The number of fused-ring (bicyclic) bond motifs is 3. The van der Waals surface area contributed by atoms with Gasteiger partial charge in [0.15, 0.2) is 0 Å². The number of nitrogens with zero attached hydrogens (tertiary/aromatic N) is 3. The van der Waals surface area contributed by atoms with Crippen LogP contribution in [-0.4, -0.2) is 19.8 Å². The summed E-state index contributed by atoms with van der Waals surface area (Å²) in [4.78, 5) is 4.37. The lowest BCUT2D eigenvalue weighted by Gasteiger charge is -2.08. The maximum absolute atomic E-state index is 13.8. The number of hydrogen-bond acceptors (Lipinski definition) is 3. The number of hydrogen-bond donors (Lipinski definition) is 1. The van der Waals surface area contributed by atoms with Crippen LogP contribution in [0.25, 0.3) is 10.9 Å². The van der Waals surface area contributed by atoms with Crippen molar-refractivity contribution in [3.05, 3.63) is 65.1 Å². The summed E-state index contributed by atoms with van der Waals surface area (Å²) >= 11 is 0. The molecule has 0 saturated heterocycles. The standard InChI is InChI=1S/C16H13F2N3O/c17-11-2-1-10(14(18)5-11)7-20-4-3-12-13-8-21(22)9-15(13)19-6-16(12)20/h1-6,22H,7-9H2. The summed E-state index contributed by atoms with van der Waals surface area (Å²) in [5, 5.41) is 11.8. The van der Waals surface area contributed by atoms with E-state index in [2.05, 4.69) is 4.98 Å². The van der Waals surface area contributed by atoms with E-state index in [1.54, 1.807) is 6.20 Å². The van der Waals surface area contributed by atoms with Gasteiger partial charge in [0, 0.05) is 28.8 Å². The Bertz CT molecular complexity index is 875. The van der Waals surface area contributed by atoms with E-state index in [-0.39, 0.29) is 0 Å². The molecule has 0 aliphatic carbocycles. The van der Waals surface area contributed by atoms with Gasteiger partial charge in [-0.05, 0) is 12.1 Å². The monoisotopic (exact) mass is 301 g/mol. The fourth-order valence-corrected chi connectivity index (χ4v) is 2.95. The van der Waals surface area contributed by atoms with E-state index in [1.807, 2.05) is 16.8 Å². The Balaban J connectivity index is 1.76. The summed E-state index contributed by atoms with van der Waals surface area (Å²) in [6.07, 6.45) is 3.59. The molecule has 0 fully saturated rings. The maximum atomic E-state index is 13.8. The third-order valence-electron chi connectivity index (χ3n) is 4.05. The molecular formula is C16H13F2N3O. The smallest absolute Gasteiger partial charge is 0.131 e. The molecule has 0 bridgehead atoms. The molecule has 1 aliphatic rings. The second-order valence-corrected chi connectivity index (χ2v) is 5.48. The van der Waals surface area contributed by atoms with Crippen LogP contribution in [0.4, 0.5) is 8.78 Å². The van der Waals surface area contributed by atoms with Gasteiger partial charge in [0.05, 0.1) is 37.0 Å². The van der Waals surface area contributed by atoms with Crippen LogP contribution in [0.5, 0.6) is 0 Å². The first kappa shape index (κ1) is 13.4. The molecule has 0 amide bonds. The predicted molar refractivity (Wildman–Crippen MR) is 76.2 cm³/mol. The van der Waals surface area contributed by atoms with Crippen LogP contribution in [0.2, 0.25) is 0 Å². The van der Waals surface area contributed by atoms with Crippen LogP contribution in [0.15, 0.2) is 36.7 Å². The Kier molecular flexibility index (Phi) is 2.95. The van der Waals surface area contributed by atoms with Gasteiger partial charge in [0.25, 0.3) is 0 Å². The second-order valence-electron chi connectivity index (χ2n) is 5.48. The molecule has 1 N–H and O–H groups in total. The van der Waals surface area contributed by atoms with Crippen molar-refractivity contribution in [1.82, 2.24) is 14.6 Å². The average molecular weight is 301 g/mol. The summed E-state index contributed by atoms with van der Waals surface area (Å²) < 4.78 is 28.7. The number of pyridine rings is 1. The second kappa shape index (κ2) is 4.86. The van der Waals surface area contributed by atoms with Gasteiger partial charge in [0.2, 0.25) is 0 Å². The number of rotatable bonds is 2. The number of aromatic nitrogens is 2. The largest absolute Gasteiger partial charge is 0.342 e. The zero-order chi connectivity index (χ0) is 15.3. The topological polar surface area (TPSA) is 41.3 Å². The normalized spacial score (nSPS) is 14.7. The molecule has 2 aromatic heterocycles. The van der Waals surface area contributed by atoms with Gasteiger partial charge in [-0.25, -0.2) is 8.78 Å². The highest BCUT2D eigenvalue weighted by molar-refractivity contribution is 5.84. The summed E-state index contributed by atoms with van der Waals surface area (Å²) in [6.45, 7) is 1.16. The molecule has 0 atom stereocenters. The minimum Gasteiger partial charge on any atom is -0.342 e. The molecule has 1 aromatic carbocycles. The fraction of sp³-hybridized carbons (Fsp3) is 0.188. The first-order chi connectivity index (χ1) is 10.6. The van der Waals surface area contributed by atoms with Crippen molar-refractivity contribution in [3.63, 3.8) is 0 Å². The van der Waals surface area contributed by atoms with E-state index < -0.39 is 11.6 Å². The lowest BCUT2D eigenvalue weighted by molar-refractivity contribution is -0.0972. The highest BCUT2D eigenvalue weighted by Gasteiger charge is 2.22. The van der Waals surface area contributed by atoms with Crippen molar-refractivity contribution < 1.29 is 14.0 Å². The summed E-state index contributed by atoms with van der Waals surface area (Å²) in [5.41, 5.74) is 3.15. The van der Waals surface area contributed by atoms with Gasteiger partial charge in [-0.1, -0.05) is 6.07 Å². The van der Waals surface area contributed by atoms with Gasteiger partial charge in [0.1, 0.15) is 11.6 Å². The summed E-state index contributed by atoms with van der Waals surface area (Å²) in [6, 6.07) is 5.54. The molecule has 112 valence electrons. The fourth-order valence-electron chi connectivity index (χ4n) is 2.95. The van der Waals surface area contributed by atoms with E-state index in [0.717, 1.165) is 28.2 Å². The minimum atomic E-state index is -0.582. The van der Waals surface area contributed by atoms with Crippen LogP contribution in [0, 0.1) is 11.6 Å². The molecule has 0 spiro atoms. The van der Waals surface area contributed by atoms with Gasteiger partial charge < -0.3 is 9.77 Å². The van der Waals surface area contributed by atoms with Crippen molar-refractivity contribution in [3.8, 4) is 0 Å². The summed E-state index contributed by atoms with van der Waals surface area (Å²) in [7, 11) is 0. The average Bonchev–Trinajstić information content (AvgIpc) is 3.04. The quantitative estimate of drug-likeness (QED) is 0.791. The van der Waals surface area contributed by atoms with Gasteiger partial charge in [-0.2, -0.15) is 5.06 Å².